The van der Waals surface area contributed by atoms with Gasteiger partial charge in [0.1, 0.15) is 0 Å². The first-order valence-corrected chi connectivity index (χ1v) is 6.68. The lowest BCUT2D eigenvalue weighted by Crippen LogP contribution is -2.11. The van der Waals surface area contributed by atoms with E-state index < -0.39 is 0 Å². The topological polar surface area (TPSA) is 54.9 Å². The van der Waals surface area contributed by atoms with Gasteiger partial charge in [-0.05, 0) is 45.7 Å². The molecular weight excluding hydrogens is 349 g/mol. The van der Waals surface area contributed by atoms with Crippen LogP contribution in [-0.2, 0) is 0 Å². The van der Waals surface area contributed by atoms with E-state index in [1.54, 1.807) is 18.2 Å². The minimum absolute atomic E-state index is 0.205. The zero-order valence-electron chi connectivity index (χ0n) is 8.08. The third kappa shape index (κ3) is 3.16. The van der Waals surface area contributed by atoms with Gasteiger partial charge in [0.05, 0.1) is 5.69 Å². The molecule has 0 bridgehead atoms. The Hall–Kier alpha value is -0.690. The standard InChI is InChI=1S/C9H4BrCl2N3OS/c10-5-3-4(11)1-2-6(5)13-7(16)8-14-15-9(12)17-8/h1-3H,(H,13,16). The van der Waals surface area contributed by atoms with Crippen LogP contribution in [-0.4, -0.2) is 16.1 Å². The lowest BCUT2D eigenvalue weighted by molar-refractivity contribution is 0.102. The fourth-order valence-corrected chi connectivity index (χ4v) is 2.57. The van der Waals surface area contributed by atoms with Gasteiger partial charge in [-0.3, -0.25) is 4.79 Å². The molecular formula is C9H4BrCl2N3OS. The summed E-state index contributed by atoms with van der Waals surface area (Å²) in [6.07, 6.45) is 0. The number of rotatable bonds is 2. The molecule has 1 aromatic carbocycles. The Labute approximate surface area is 119 Å². The maximum absolute atomic E-state index is 11.7. The molecule has 0 fully saturated rings. The van der Waals surface area contributed by atoms with Crippen LogP contribution < -0.4 is 5.32 Å². The van der Waals surface area contributed by atoms with Gasteiger partial charge >= 0.3 is 0 Å². The third-order valence-electron chi connectivity index (χ3n) is 1.77. The molecule has 4 nitrogen and oxygen atoms in total. The highest BCUT2D eigenvalue weighted by atomic mass is 79.9. The summed E-state index contributed by atoms with van der Waals surface area (Å²) in [5.41, 5.74) is 0.603. The van der Waals surface area contributed by atoms with Crippen LogP contribution in [0.5, 0.6) is 0 Å². The minimum atomic E-state index is -0.363. The highest BCUT2D eigenvalue weighted by Crippen LogP contribution is 2.26. The zero-order valence-corrected chi connectivity index (χ0v) is 12.0. The Bertz CT molecular complexity index is 575. The van der Waals surface area contributed by atoms with Crippen LogP contribution in [0.2, 0.25) is 9.49 Å². The molecule has 2 rings (SSSR count). The van der Waals surface area contributed by atoms with E-state index in [0.717, 1.165) is 11.3 Å². The number of benzene rings is 1. The Balaban J connectivity index is 2.18. The normalized spacial score (nSPS) is 10.3. The number of nitrogens with one attached hydrogen (secondary N) is 1. The summed E-state index contributed by atoms with van der Waals surface area (Å²) < 4.78 is 0.916. The molecule has 0 unspecified atom stereocenters. The summed E-state index contributed by atoms with van der Waals surface area (Å²) in [5.74, 6) is -0.363. The highest BCUT2D eigenvalue weighted by molar-refractivity contribution is 9.10. The van der Waals surface area contributed by atoms with Gasteiger partial charge in [-0.15, -0.1) is 10.2 Å². The van der Waals surface area contributed by atoms with Crippen LogP contribution in [0.25, 0.3) is 0 Å². The molecule has 1 aromatic heterocycles. The highest BCUT2D eigenvalue weighted by Gasteiger charge is 2.13. The molecule has 0 radical (unpaired) electrons. The van der Waals surface area contributed by atoms with Crippen molar-refractivity contribution >= 4 is 62.1 Å². The summed E-state index contributed by atoms with van der Waals surface area (Å²) in [5, 5.41) is 10.7. The first-order valence-electron chi connectivity index (χ1n) is 4.31. The minimum Gasteiger partial charge on any atom is -0.319 e. The SMILES string of the molecule is O=C(Nc1ccc(Cl)cc1Br)c1nnc(Cl)s1. The Morgan fingerprint density at radius 1 is 1.35 bits per heavy atom. The zero-order chi connectivity index (χ0) is 12.4. The van der Waals surface area contributed by atoms with Crippen molar-refractivity contribution in [2.24, 2.45) is 0 Å². The maximum Gasteiger partial charge on any atom is 0.286 e. The molecule has 2 aromatic rings. The number of halogens is 3. The van der Waals surface area contributed by atoms with Crippen molar-refractivity contribution in [3.8, 4) is 0 Å². The van der Waals surface area contributed by atoms with Crippen LogP contribution in [0.15, 0.2) is 22.7 Å². The van der Waals surface area contributed by atoms with E-state index in [4.69, 9.17) is 23.2 Å². The summed E-state index contributed by atoms with van der Waals surface area (Å²) in [6.45, 7) is 0. The van der Waals surface area contributed by atoms with E-state index >= 15 is 0 Å². The maximum atomic E-state index is 11.7. The van der Waals surface area contributed by atoms with Gasteiger partial charge in [0.25, 0.3) is 5.91 Å². The van der Waals surface area contributed by atoms with Crippen molar-refractivity contribution in [3.05, 3.63) is 37.2 Å². The van der Waals surface area contributed by atoms with Crippen molar-refractivity contribution in [3.63, 3.8) is 0 Å². The number of hydrogen-bond acceptors (Lipinski definition) is 4. The number of aromatic nitrogens is 2. The number of anilines is 1. The summed E-state index contributed by atoms with van der Waals surface area (Å²) >= 11 is 15.7. The van der Waals surface area contributed by atoms with E-state index in [9.17, 15) is 4.79 Å². The smallest absolute Gasteiger partial charge is 0.286 e. The van der Waals surface area contributed by atoms with E-state index in [1.165, 1.54) is 0 Å². The number of carbonyl (C=O) groups excluding carboxylic acids is 1. The van der Waals surface area contributed by atoms with Crippen LogP contribution in [0.3, 0.4) is 0 Å². The Morgan fingerprint density at radius 3 is 2.71 bits per heavy atom. The first-order chi connectivity index (χ1) is 8.06. The Kier molecular flexibility index (Phi) is 3.98. The van der Waals surface area contributed by atoms with Gasteiger partial charge < -0.3 is 5.32 Å². The summed E-state index contributed by atoms with van der Waals surface area (Å²) in [7, 11) is 0. The second-order valence-corrected chi connectivity index (χ2v) is 5.79. The average Bonchev–Trinajstić information content (AvgIpc) is 2.69. The number of hydrogen-bond donors (Lipinski definition) is 1. The molecule has 0 atom stereocenters. The lowest BCUT2D eigenvalue weighted by Gasteiger charge is -2.05. The molecule has 0 spiro atoms. The van der Waals surface area contributed by atoms with Crippen LogP contribution in [0.4, 0.5) is 5.69 Å². The third-order valence-corrected chi connectivity index (χ3v) is 3.68. The quantitative estimate of drug-likeness (QED) is 0.892. The molecule has 1 N–H and O–H groups in total. The monoisotopic (exact) mass is 351 g/mol. The summed E-state index contributed by atoms with van der Waals surface area (Å²) in [6, 6.07) is 5.05. The molecule has 0 saturated carbocycles. The molecule has 17 heavy (non-hydrogen) atoms. The predicted octanol–water partition coefficient (Wildman–Crippen LogP) is 3.86. The van der Waals surface area contributed by atoms with E-state index in [2.05, 4.69) is 31.4 Å². The molecule has 0 aliphatic rings. The molecule has 0 saturated heterocycles. The Morgan fingerprint density at radius 2 is 2.12 bits per heavy atom. The van der Waals surface area contributed by atoms with Gasteiger partial charge in [-0.1, -0.05) is 22.9 Å². The number of nitrogens with zero attached hydrogens (tertiary/aromatic N) is 2. The van der Waals surface area contributed by atoms with Crippen molar-refractivity contribution < 1.29 is 4.79 Å². The molecule has 0 aliphatic heterocycles. The van der Waals surface area contributed by atoms with Gasteiger partial charge in [0.15, 0.2) is 0 Å². The second-order valence-electron chi connectivity index (χ2n) is 2.94. The molecule has 1 amide bonds. The molecule has 1 heterocycles. The second kappa shape index (κ2) is 5.30. The largest absolute Gasteiger partial charge is 0.319 e. The van der Waals surface area contributed by atoms with Gasteiger partial charge in [-0.25, -0.2) is 0 Å². The van der Waals surface area contributed by atoms with Gasteiger partial charge in [0.2, 0.25) is 9.47 Å². The fourth-order valence-electron chi connectivity index (χ4n) is 1.06. The van der Waals surface area contributed by atoms with Crippen molar-refractivity contribution in [2.45, 2.75) is 0 Å². The molecule has 0 aliphatic carbocycles. The van der Waals surface area contributed by atoms with Crippen LogP contribution in [0, 0.1) is 0 Å². The van der Waals surface area contributed by atoms with Crippen LogP contribution in [0.1, 0.15) is 9.80 Å². The molecule has 88 valence electrons. The number of carbonyl (C=O) groups is 1. The van der Waals surface area contributed by atoms with Crippen LogP contribution >= 0.6 is 50.5 Å². The fraction of sp³-hybridized carbons (Fsp3) is 0. The van der Waals surface area contributed by atoms with Gasteiger partial charge in [-0.2, -0.15) is 0 Å². The van der Waals surface area contributed by atoms with E-state index in [0.29, 0.717) is 15.2 Å². The van der Waals surface area contributed by atoms with Gasteiger partial charge in [0, 0.05) is 9.50 Å². The van der Waals surface area contributed by atoms with E-state index in [1.807, 2.05) is 0 Å². The average molecular weight is 353 g/mol. The van der Waals surface area contributed by atoms with E-state index in [-0.39, 0.29) is 15.4 Å². The lowest BCUT2D eigenvalue weighted by atomic mass is 10.3. The first kappa shape index (κ1) is 12.8. The van der Waals surface area contributed by atoms with Crippen molar-refractivity contribution in [2.75, 3.05) is 5.32 Å². The number of amides is 1. The molecule has 8 heteroatoms. The van der Waals surface area contributed by atoms with Crippen molar-refractivity contribution in [1.82, 2.24) is 10.2 Å². The predicted molar refractivity (Wildman–Crippen MR) is 72.0 cm³/mol. The summed E-state index contributed by atoms with van der Waals surface area (Å²) in [4.78, 5) is 11.7. The van der Waals surface area contributed by atoms with Crippen molar-refractivity contribution in [1.29, 1.82) is 0 Å².